The van der Waals surface area contributed by atoms with E-state index in [1.807, 2.05) is 0 Å². The summed E-state index contributed by atoms with van der Waals surface area (Å²) in [6.45, 7) is 3.24. The second kappa shape index (κ2) is 6.55. The minimum atomic E-state index is -0.597. The number of H-pyrrole nitrogens is 1. The molecular weight excluding hydrogens is 336 g/mol. The summed E-state index contributed by atoms with van der Waals surface area (Å²) in [6, 6.07) is 5.29. The highest BCUT2D eigenvalue weighted by Crippen LogP contribution is 2.41. The number of Topliss-reactive ketones (excluding diaryl/α,β-unsaturated/α-hetero) is 1. The van der Waals surface area contributed by atoms with E-state index >= 15 is 0 Å². The van der Waals surface area contributed by atoms with Crippen molar-refractivity contribution in [2.75, 3.05) is 25.3 Å². The van der Waals surface area contributed by atoms with Crippen LogP contribution in [-0.2, 0) is 4.79 Å². The van der Waals surface area contributed by atoms with E-state index in [0.717, 1.165) is 0 Å². The Morgan fingerprint density at radius 3 is 2.54 bits per heavy atom. The molecule has 1 aromatic heterocycles. The highest BCUT2D eigenvalue weighted by atomic mass is 16.5. The van der Waals surface area contributed by atoms with E-state index in [1.165, 1.54) is 14.0 Å². The summed E-state index contributed by atoms with van der Waals surface area (Å²) in [5.41, 5.74) is 7.43. The Labute approximate surface area is 150 Å². The number of benzene rings is 1. The van der Waals surface area contributed by atoms with Crippen LogP contribution in [0.4, 0.5) is 11.8 Å². The largest absolute Gasteiger partial charge is 0.493 e. The molecule has 8 heteroatoms. The predicted molar refractivity (Wildman–Crippen MR) is 97.7 cm³/mol. The molecule has 0 aliphatic carbocycles. The molecule has 0 radical (unpaired) electrons. The number of carbonyl (C=O) groups is 1. The average Bonchev–Trinajstić information content (AvgIpc) is 2.59. The molecule has 0 saturated heterocycles. The number of fused-ring (bicyclic) bond motifs is 1. The summed E-state index contributed by atoms with van der Waals surface area (Å²) in [7, 11) is 3.07. The van der Waals surface area contributed by atoms with Gasteiger partial charge in [0.15, 0.2) is 17.3 Å². The maximum absolute atomic E-state index is 12.6. The van der Waals surface area contributed by atoms with Crippen molar-refractivity contribution in [3.63, 3.8) is 0 Å². The summed E-state index contributed by atoms with van der Waals surface area (Å²) < 4.78 is 10.6. The minimum Gasteiger partial charge on any atom is -0.493 e. The zero-order valence-corrected chi connectivity index (χ0v) is 15.0. The van der Waals surface area contributed by atoms with Crippen molar-refractivity contribution >= 4 is 17.5 Å². The van der Waals surface area contributed by atoms with Gasteiger partial charge >= 0.3 is 0 Å². The van der Waals surface area contributed by atoms with Gasteiger partial charge in [-0.1, -0.05) is 6.07 Å². The SMILES string of the molecule is COc1ccc(C2C(C(C)=O)=C(C)Nc3nc(N)[nH]c(=O)c32)cc1OC. The molecule has 0 spiro atoms. The summed E-state index contributed by atoms with van der Waals surface area (Å²) in [5.74, 6) is 0.669. The zero-order valence-electron chi connectivity index (χ0n) is 15.0. The fraction of sp³-hybridized carbons (Fsp3) is 0.278. The maximum atomic E-state index is 12.6. The van der Waals surface area contributed by atoms with Crippen LogP contribution in [0.1, 0.15) is 30.9 Å². The topological polar surface area (TPSA) is 119 Å². The van der Waals surface area contributed by atoms with E-state index in [2.05, 4.69) is 15.3 Å². The van der Waals surface area contributed by atoms with E-state index in [4.69, 9.17) is 15.2 Å². The van der Waals surface area contributed by atoms with Crippen LogP contribution in [0.5, 0.6) is 11.5 Å². The smallest absolute Gasteiger partial charge is 0.258 e. The number of nitrogens with zero attached hydrogens (tertiary/aromatic N) is 1. The molecule has 1 atom stereocenters. The van der Waals surface area contributed by atoms with E-state index in [1.54, 1.807) is 32.2 Å². The lowest BCUT2D eigenvalue weighted by atomic mass is 9.80. The second-order valence-corrected chi connectivity index (χ2v) is 5.98. The number of rotatable bonds is 4. The first-order valence-corrected chi connectivity index (χ1v) is 7.97. The van der Waals surface area contributed by atoms with Gasteiger partial charge < -0.3 is 20.5 Å². The van der Waals surface area contributed by atoms with Crippen LogP contribution < -0.4 is 26.1 Å². The molecule has 1 unspecified atom stereocenters. The number of nitrogen functional groups attached to an aromatic ring is 1. The first-order valence-electron chi connectivity index (χ1n) is 7.97. The van der Waals surface area contributed by atoms with Crippen LogP contribution in [0.25, 0.3) is 0 Å². The lowest BCUT2D eigenvalue weighted by Crippen LogP contribution is -2.30. The van der Waals surface area contributed by atoms with E-state index in [9.17, 15) is 9.59 Å². The molecule has 2 heterocycles. The van der Waals surface area contributed by atoms with Crippen LogP contribution in [-0.4, -0.2) is 30.0 Å². The molecule has 136 valence electrons. The molecule has 26 heavy (non-hydrogen) atoms. The monoisotopic (exact) mass is 356 g/mol. The Morgan fingerprint density at radius 2 is 1.92 bits per heavy atom. The van der Waals surface area contributed by atoms with Gasteiger partial charge in [0.05, 0.1) is 19.8 Å². The number of nitrogens with one attached hydrogen (secondary N) is 2. The Kier molecular flexibility index (Phi) is 4.41. The number of hydrogen-bond donors (Lipinski definition) is 3. The van der Waals surface area contributed by atoms with Crippen LogP contribution in [0, 0.1) is 0 Å². The third-order valence-corrected chi connectivity index (χ3v) is 4.38. The van der Waals surface area contributed by atoms with Crippen LogP contribution in [0.15, 0.2) is 34.3 Å². The molecule has 0 amide bonds. The van der Waals surface area contributed by atoms with Crippen molar-refractivity contribution in [3.8, 4) is 11.5 Å². The van der Waals surface area contributed by atoms with Gasteiger partial charge in [0.25, 0.3) is 5.56 Å². The third kappa shape index (κ3) is 2.79. The van der Waals surface area contributed by atoms with Crippen molar-refractivity contribution in [1.29, 1.82) is 0 Å². The Morgan fingerprint density at radius 1 is 1.23 bits per heavy atom. The summed E-state index contributed by atoms with van der Waals surface area (Å²) in [6.07, 6.45) is 0. The van der Waals surface area contributed by atoms with Gasteiger partial charge in [0, 0.05) is 17.2 Å². The fourth-order valence-electron chi connectivity index (χ4n) is 3.30. The van der Waals surface area contributed by atoms with Crippen molar-refractivity contribution < 1.29 is 14.3 Å². The number of aromatic nitrogens is 2. The zero-order chi connectivity index (χ0) is 19.0. The standard InChI is InChI=1S/C18H20N4O4/c1-8-13(9(2)23)14(10-5-6-11(25-3)12(7-10)26-4)15-16(20-8)21-18(19)22-17(15)24/h5-7,14H,1-4H3,(H4,19,20,21,22,24). The van der Waals surface area contributed by atoms with Gasteiger partial charge in [-0.3, -0.25) is 14.6 Å². The fourth-order valence-corrected chi connectivity index (χ4v) is 3.30. The van der Waals surface area contributed by atoms with Gasteiger partial charge in [-0.2, -0.15) is 4.98 Å². The molecule has 0 bridgehead atoms. The number of allylic oxidation sites excluding steroid dienone is 2. The molecule has 1 aliphatic heterocycles. The Hall–Kier alpha value is -3.29. The van der Waals surface area contributed by atoms with E-state index in [-0.39, 0.29) is 11.7 Å². The normalized spacial score (nSPS) is 15.9. The summed E-state index contributed by atoms with van der Waals surface area (Å²) >= 11 is 0. The molecule has 2 aromatic rings. The number of anilines is 2. The maximum Gasteiger partial charge on any atom is 0.258 e. The minimum absolute atomic E-state index is 0.00591. The number of methoxy groups -OCH3 is 2. The number of aromatic amines is 1. The number of ether oxygens (including phenoxy) is 2. The second-order valence-electron chi connectivity index (χ2n) is 5.98. The molecule has 0 saturated carbocycles. The van der Waals surface area contributed by atoms with Crippen molar-refractivity contribution in [3.05, 3.63) is 50.9 Å². The summed E-state index contributed by atoms with van der Waals surface area (Å²) in [5, 5.41) is 3.02. The quantitative estimate of drug-likeness (QED) is 0.764. The van der Waals surface area contributed by atoms with Crippen LogP contribution in [0.2, 0.25) is 0 Å². The van der Waals surface area contributed by atoms with E-state index < -0.39 is 11.5 Å². The Bertz CT molecular complexity index is 978. The van der Waals surface area contributed by atoms with Gasteiger partial charge in [-0.05, 0) is 31.5 Å². The predicted octanol–water partition coefficient (Wildman–Crippen LogP) is 1.79. The van der Waals surface area contributed by atoms with Gasteiger partial charge in [-0.25, -0.2) is 0 Å². The molecule has 3 rings (SSSR count). The van der Waals surface area contributed by atoms with Gasteiger partial charge in [0.2, 0.25) is 5.95 Å². The first kappa shape index (κ1) is 17.5. The lowest BCUT2D eigenvalue weighted by Gasteiger charge is -2.29. The highest BCUT2D eigenvalue weighted by Gasteiger charge is 2.34. The van der Waals surface area contributed by atoms with Gasteiger partial charge in [-0.15, -0.1) is 0 Å². The van der Waals surface area contributed by atoms with Crippen LogP contribution >= 0.6 is 0 Å². The molecule has 1 aromatic carbocycles. The number of carbonyl (C=O) groups excluding carboxylic acids is 1. The molecule has 4 N–H and O–H groups in total. The Balaban J connectivity index is 2.30. The van der Waals surface area contributed by atoms with Crippen molar-refractivity contribution in [2.24, 2.45) is 0 Å². The van der Waals surface area contributed by atoms with Crippen molar-refractivity contribution in [2.45, 2.75) is 19.8 Å². The lowest BCUT2D eigenvalue weighted by molar-refractivity contribution is -0.113. The average molecular weight is 356 g/mol. The highest BCUT2D eigenvalue weighted by molar-refractivity contribution is 5.98. The number of nitrogens with two attached hydrogens (primary N) is 1. The number of ketones is 1. The molecule has 1 aliphatic rings. The third-order valence-electron chi connectivity index (χ3n) is 4.38. The van der Waals surface area contributed by atoms with Crippen molar-refractivity contribution in [1.82, 2.24) is 9.97 Å². The molecular formula is C18H20N4O4. The molecule has 0 fully saturated rings. The van der Waals surface area contributed by atoms with E-state index in [0.29, 0.717) is 39.7 Å². The first-order chi connectivity index (χ1) is 12.4. The summed E-state index contributed by atoms with van der Waals surface area (Å²) in [4.78, 5) is 31.6. The number of hydrogen-bond acceptors (Lipinski definition) is 7. The van der Waals surface area contributed by atoms with Crippen LogP contribution in [0.3, 0.4) is 0 Å². The van der Waals surface area contributed by atoms with Gasteiger partial charge in [0.1, 0.15) is 5.82 Å². The molecule has 8 nitrogen and oxygen atoms in total.